The molecular weight excluding hydrogens is 296 g/mol. The molecule has 0 aromatic heterocycles. The van der Waals surface area contributed by atoms with E-state index in [0.29, 0.717) is 17.5 Å². The Hall–Kier alpha value is -1.67. The van der Waals surface area contributed by atoms with Crippen LogP contribution in [0.1, 0.15) is 41.0 Å². The number of carbonyl (C=O) groups is 2. The smallest absolute Gasteiger partial charge is 0.262 e. The van der Waals surface area contributed by atoms with Crippen molar-refractivity contribution in [1.29, 1.82) is 5.26 Å². The van der Waals surface area contributed by atoms with Gasteiger partial charge >= 0.3 is 0 Å². The van der Waals surface area contributed by atoms with Crippen LogP contribution >= 0.6 is 15.9 Å². The first-order valence-corrected chi connectivity index (χ1v) is 6.33. The summed E-state index contributed by atoms with van der Waals surface area (Å²) in [4.78, 5) is 25.5. The Balaban J connectivity index is 2.57. The lowest BCUT2D eigenvalue weighted by Gasteiger charge is -2.29. The van der Waals surface area contributed by atoms with Crippen molar-refractivity contribution in [3.8, 4) is 6.07 Å². The van der Waals surface area contributed by atoms with Crippen molar-refractivity contribution in [3.63, 3.8) is 0 Å². The van der Waals surface area contributed by atoms with E-state index in [-0.39, 0.29) is 0 Å². The van der Waals surface area contributed by atoms with Gasteiger partial charge in [-0.2, -0.15) is 5.26 Å². The molecule has 5 heteroatoms. The first-order valence-electron chi connectivity index (χ1n) is 5.54. The highest BCUT2D eigenvalue weighted by Gasteiger charge is 2.45. The van der Waals surface area contributed by atoms with Crippen molar-refractivity contribution in [2.75, 3.05) is 0 Å². The normalized spacial score (nSPS) is 17.3. The molecule has 1 atom stereocenters. The Morgan fingerprint density at radius 1 is 1.33 bits per heavy atom. The molecule has 0 saturated carbocycles. The average molecular weight is 307 g/mol. The first-order chi connectivity index (χ1) is 8.44. The molecule has 0 aliphatic carbocycles. The van der Waals surface area contributed by atoms with E-state index in [4.69, 9.17) is 0 Å². The molecule has 0 bridgehead atoms. The van der Waals surface area contributed by atoms with Gasteiger partial charge in [-0.25, -0.2) is 0 Å². The van der Waals surface area contributed by atoms with E-state index in [9.17, 15) is 14.9 Å². The quantitative estimate of drug-likeness (QED) is 0.789. The van der Waals surface area contributed by atoms with Gasteiger partial charge in [-0.3, -0.25) is 14.5 Å². The first kappa shape index (κ1) is 12.8. The van der Waals surface area contributed by atoms with Crippen LogP contribution in [-0.4, -0.2) is 22.3 Å². The molecule has 0 N–H and O–H groups in total. The molecular formula is C13H11BrN2O2. The number of nitriles is 1. The molecule has 2 amide bonds. The number of rotatable bonds is 2. The fourth-order valence-electron chi connectivity index (χ4n) is 1.95. The van der Waals surface area contributed by atoms with E-state index in [0.717, 1.165) is 9.37 Å². The van der Waals surface area contributed by atoms with E-state index in [1.165, 1.54) is 0 Å². The summed E-state index contributed by atoms with van der Waals surface area (Å²) in [5.41, 5.74) is -0.387. The van der Waals surface area contributed by atoms with Crippen LogP contribution in [0.5, 0.6) is 0 Å². The predicted molar refractivity (Wildman–Crippen MR) is 69.0 cm³/mol. The van der Waals surface area contributed by atoms with E-state index in [2.05, 4.69) is 22.0 Å². The monoisotopic (exact) mass is 306 g/mol. The summed E-state index contributed by atoms with van der Waals surface area (Å²) in [6.07, 6.45) is 0.399. The van der Waals surface area contributed by atoms with Gasteiger partial charge in [-0.1, -0.05) is 22.9 Å². The number of halogens is 1. The van der Waals surface area contributed by atoms with E-state index < -0.39 is 17.4 Å². The fraction of sp³-hybridized carbons (Fsp3) is 0.308. The summed E-state index contributed by atoms with van der Waals surface area (Å²) in [6, 6.07) is 6.98. The van der Waals surface area contributed by atoms with Crippen molar-refractivity contribution in [2.45, 2.75) is 25.8 Å². The minimum absolute atomic E-state index is 0.351. The number of hydrogen-bond acceptors (Lipinski definition) is 3. The van der Waals surface area contributed by atoms with Gasteiger partial charge in [0.05, 0.1) is 17.2 Å². The van der Waals surface area contributed by atoms with Crippen molar-refractivity contribution in [3.05, 3.63) is 33.8 Å². The van der Waals surface area contributed by atoms with E-state index >= 15 is 0 Å². The molecule has 0 fully saturated rings. The third-order valence-corrected chi connectivity index (χ3v) is 3.76. The number of fused-ring (bicyclic) bond motifs is 1. The van der Waals surface area contributed by atoms with Crippen LogP contribution in [0.15, 0.2) is 22.7 Å². The zero-order valence-electron chi connectivity index (χ0n) is 10.0. The van der Waals surface area contributed by atoms with Gasteiger partial charge in [0.2, 0.25) is 0 Å². The van der Waals surface area contributed by atoms with Crippen LogP contribution in [0, 0.1) is 11.3 Å². The van der Waals surface area contributed by atoms with Gasteiger partial charge in [0.25, 0.3) is 11.8 Å². The van der Waals surface area contributed by atoms with Crippen LogP contribution < -0.4 is 0 Å². The van der Waals surface area contributed by atoms with Gasteiger partial charge < -0.3 is 0 Å². The van der Waals surface area contributed by atoms with Crippen LogP contribution in [0.25, 0.3) is 0 Å². The Morgan fingerprint density at radius 2 is 1.94 bits per heavy atom. The zero-order chi connectivity index (χ0) is 13.5. The molecule has 0 saturated heterocycles. The summed E-state index contributed by atoms with van der Waals surface area (Å²) < 4.78 is 0.736. The van der Waals surface area contributed by atoms with Gasteiger partial charge in [-0.05, 0) is 31.5 Å². The summed E-state index contributed by atoms with van der Waals surface area (Å²) in [5.74, 6) is -0.796. The minimum atomic E-state index is -1.10. The van der Waals surface area contributed by atoms with Gasteiger partial charge in [-0.15, -0.1) is 0 Å². The second kappa shape index (κ2) is 4.21. The predicted octanol–water partition coefficient (Wildman–Crippen LogP) is 2.74. The average Bonchev–Trinajstić information content (AvgIpc) is 2.61. The number of amides is 2. The molecule has 1 heterocycles. The summed E-state index contributed by atoms with van der Waals surface area (Å²) in [7, 11) is 0. The number of hydrogen-bond donors (Lipinski definition) is 0. The van der Waals surface area contributed by atoms with E-state index in [1.54, 1.807) is 32.0 Å². The lowest BCUT2D eigenvalue weighted by Crippen LogP contribution is -2.48. The third-order valence-electron chi connectivity index (χ3n) is 3.27. The molecule has 92 valence electrons. The molecule has 18 heavy (non-hydrogen) atoms. The highest BCUT2D eigenvalue weighted by Crippen LogP contribution is 2.32. The maximum atomic E-state index is 12.3. The molecule has 4 nitrogen and oxygen atoms in total. The molecule has 0 spiro atoms. The molecule has 1 aromatic rings. The molecule has 0 radical (unpaired) electrons. The Kier molecular flexibility index (Phi) is 2.99. The summed E-state index contributed by atoms with van der Waals surface area (Å²) in [5, 5.41) is 9.21. The van der Waals surface area contributed by atoms with Crippen molar-refractivity contribution >= 4 is 27.7 Å². The number of carbonyl (C=O) groups excluding carboxylic acids is 2. The largest absolute Gasteiger partial charge is 0.269 e. The van der Waals surface area contributed by atoms with Crippen molar-refractivity contribution in [2.24, 2.45) is 0 Å². The lowest BCUT2D eigenvalue weighted by atomic mass is 9.99. The Bertz CT molecular complexity index is 591. The maximum absolute atomic E-state index is 12.3. The molecule has 2 rings (SSSR count). The number of benzene rings is 1. The SMILES string of the molecule is CCC(C)(C#N)N1C(=O)c2ccc(Br)cc2C1=O. The highest BCUT2D eigenvalue weighted by molar-refractivity contribution is 9.10. The third kappa shape index (κ3) is 1.65. The van der Waals surface area contributed by atoms with Gasteiger partial charge in [0.1, 0.15) is 5.54 Å². The topological polar surface area (TPSA) is 61.2 Å². The van der Waals surface area contributed by atoms with Crippen LogP contribution in [-0.2, 0) is 0 Å². The van der Waals surface area contributed by atoms with Crippen molar-refractivity contribution < 1.29 is 9.59 Å². The zero-order valence-corrected chi connectivity index (χ0v) is 11.6. The highest BCUT2D eigenvalue weighted by atomic mass is 79.9. The second-order valence-corrected chi connectivity index (χ2v) is 5.29. The Labute approximate surface area is 113 Å². The minimum Gasteiger partial charge on any atom is -0.269 e. The number of nitrogens with zero attached hydrogens (tertiary/aromatic N) is 2. The lowest BCUT2D eigenvalue weighted by molar-refractivity contribution is 0.0524. The standard InChI is InChI=1S/C13H11BrN2O2/c1-3-13(2,7-15)16-11(17)9-5-4-8(14)6-10(9)12(16)18/h4-6H,3H2,1-2H3. The maximum Gasteiger partial charge on any atom is 0.262 e. The molecule has 1 unspecified atom stereocenters. The van der Waals surface area contributed by atoms with E-state index in [1.807, 2.05) is 0 Å². The summed E-state index contributed by atoms with van der Waals surface area (Å²) in [6.45, 7) is 3.38. The summed E-state index contributed by atoms with van der Waals surface area (Å²) >= 11 is 3.27. The van der Waals surface area contributed by atoms with Crippen LogP contribution in [0.2, 0.25) is 0 Å². The van der Waals surface area contributed by atoms with Gasteiger partial charge in [0, 0.05) is 4.47 Å². The van der Waals surface area contributed by atoms with Crippen LogP contribution in [0.4, 0.5) is 0 Å². The van der Waals surface area contributed by atoms with Crippen LogP contribution in [0.3, 0.4) is 0 Å². The Morgan fingerprint density at radius 3 is 2.50 bits per heavy atom. The molecule has 1 aliphatic rings. The molecule has 1 aromatic carbocycles. The van der Waals surface area contributed by atoms with Gasteiger partial charge in [0.15, 0.2) is 0 Å². The number of imide groups is 1. The second-order valence-electron chi connectivity index (χ2n) is 4.37. The molecule has 1 aliphatic heterocycles. The fourth-order valence-corrected chi connectivity index (χ4v) is 2.31. The van der Waals surface area contributed by atoms with Crippen molar-refractivity contribution in [1.82, 2.24) is 4.90 Å².